The van der Waals surface area contributed by atoms with Crippen LogP contribution in [0.15, 0.2) is 24.3 Å². The fourth-order valence-corrected chi connectivity index (χ4v) is 2.25. The molecule has 0 fully saturated rings. The second kappa shape index (κ2) is 4.38. The molecule has 2 heteroatoms. The van der Waals surface area contributed by atoms with Crippen LogP contribution in [0.4, 0.5) is 0 Å². The van der Waals surface area contributed by atoms with Crippen molar-refractivity contribution in [2.75, 3.05) is 0 Å². The molecule has 90 valence electrons. The summed E-state index contributed by atoms with van der Waals surface area (Å²) in [5, 5.41) is 9.29. The van der Waals surface area contributed by atoms with Gasteiger partial charge in [-0.2, -0.15) is 0 Å². The largest absolute Gasteiger partial charge is 0.392 e. The van der Waals surface area contributed by atoms with Crippen molar-refractivity contribution in [1.82, 2.24) is 4.57 Å². The third-order valence-corrected chi connectivity index (χ3v) is 3.45. The summed E-state index contributed by atoms with van der Waals surface area (Å²) in [6.07, 6.45) is 0. The Kier molecular flexibility index (Phi) is 3.07. The number of benzene rings is 1. The molecule has 1 N–H and O–H groups in total. The first kappa shape index (κ1) is 11.9. The molecule has 2 aromatic rings. The lowest BCUT2D eigenvalue weighted by Gasteiger charge is -2.11. The van der Waals surface area contributed by atoms with Crippen molar-refractivity contribution in [3.05, 3.63) is 52.3 Å². The summed E-state index contributed by atoms with van der Waals surface area (Å²) in [7, 11) is 0. The van der Waals surface area contributed by atoms with Gasteiger partial charge in [-0.3, -0.25) is 0 Å². The van der Waals surface area contributed by atoms with Crippen LogP contribution in [0.5, 0.6) is 0 Å². The van der Waals surface area contributed by atoms with E-state index in [1.807, 2.05) is 13.0 Å². The maximum absolute atomic E-state index is 9.29. The summed E-state index contributed by atoms with van der Waals surface area (Å²) in [6, 6.07) is 8.51. The van der Waals surface area contributed by atoms with E-state index in [9.17, 15) is 5.11 Å². The van der Waals surface area contributed by atoms with Crippen molar-refractivity contribution in [3.63, 3.8) is 0 Å². The van der Waals surface area contributed by atoms with Gasteiger partial charge in [0.1, 0.15) is 0 Å². The Hall–Kier alpha value is -1.54. The van der Waals surface area contributed by atoms with E-state index in [0.29, 0.717) is 0 Å². The number of hydrogen-bond donors (Lipinski definition) is 1. The number of hydrogen-bond acceptors (Lipinski definition) is 1. The number of rotatable bonds is 2. The van der Waals surface area contributed by atoms with Crippen LogP contribution in [0.25, 0.3) is 5.69 Å². The highest BCUT2D eigenvalue weighted by molar-refractivity contribution is 5.44. The average Bonchev–Trinajstić information content (AvgIpc) is 2.58. The van der Waals surface area contributed by atoms with Crippen molar-refractivity contribution in [3.8, 4) is 5.69 Å². The van der Waals surface area contributed by atoms with Crippen LogP contribution in [0, 0.1) is 27.7 Å². The van der Waals surface area contributed by atoms with Gasteiger partial charge in [-0.25, -0.2) is 0 Å². The van der Waals surface area contributed by atoms with E-state index in [2.05, 4.69) is 43.5 Å². The summed E-state index contributed by atoms with van der Waals surface area (Å²) in [5.74, 6) is 0. The van der Waals surface area contributed by atoms with Gasteiger partial charge in [0.2, 0.25) is 0 Å². The van der Waals surface area contributed by atoms with Crippen LogP contribution in [-0.2, 0) is 6.61 Å². The van der Waals surface area contributed by atoms with Crippen LogP contribution in [0.2, 0.25) is 0 Å². The highest BCUT2D eigenvalue weighted by Crippen LogP contribution is 2.22. The lowest BCUT2D eigenvalue weighted by atomic mass is 10.1. The Bertz CT molecular complexity index is 552. The molecule has 0 unspecified atom stereocenters. The zero-order valence-electron chi connectivity index (χ0n) is 10.9. The number of aliphatic hydroxyl groups excluding tert-OH is 1. The monoisotopic (exact) mass is 229 g/mol. The van der Waals surface area contributed by atoms with Gasteiger partial charge in [0.25, 0.3) is 0 Å². The van der Waals surface area contributed by atoms with E-state index in [1.165, 1.54) is 16.8 Å². The van der Waals surface area contributed by atoms with Gasteiger partial charge in [0, 0.05) is 17.1 Å². The Labute approximate surface area is 103 Å². The highest BCUT2D eigenvalue weighted by Gasteiger charge is 2.10. The van der Waals surface area contributed by atoms with Crippen LogP contribution in [0.1, 0.15) is 28.1 Å². The minimum absolute atomic E-state index is 0.102. The maximum atomic E-state index is 9.29. The predicted octanol–water partition coefficient (Wildman–Crippen LogP) is 3.20. The molecule has 0 spiro atoms. The first-order valence-corrected chi connectivity index (χ1v) is 5.91. The summed E-state index contributed by atoms with van der Waals surface area (Å²) >= 11 is 0. The zero-order chi connectivity index (χ0) is 12.6. The van der Waals surface area contributed by atoms with Crippen LogP contribution in [-0.4, -0.2) is 9.67 Å². The van der Waals surface area contributed by atoms with E-state index < -0.39 is 0 Å². The Morgan fingerprint density at radius 2 is 1.71 bits per heavy atom. The van der Waals surface area contributed by atoms with Crippen molar-refractivity contribution in [2.24, 2.45) is 0 Å². The third-order valence-electron chi connectivity index (χ3n) is 3.45. The normalized spacial score (nSPS) is 10.9. The average molecular weight is 229 g/mol. The highest BCUT2D eigenvalue weighted by atomic mass is 16.3. The number of aliphatic hydroxyl groups is 1. The summed E-state index contributed by atoms with van der Waals surface area (Å²) in [4.78, 5) is 0. The van der Waals surface area contributed by atoms with E-state index in [0.717, 1.165) is 17.0 Å². The minimum Gasteiger partial charge on any atom is -0.392 e. The molecule has 0 saturated heterocycles. The summed E-state index contributed by atoms with van der Waals surface area (Å²) < 4.78 is 2.19. The van der Waals surface area contributed by atoms with Gasteiger partial charge in [0.15, 0.2) is 0 Å². The number of aromatic nitrogens is 1. The summed E-state index contributed by atoms with van der Waals surface area (Å²) in [5.41, 5.74) is 7.05. The second-order valence-corrected chi connectivity index (χ2v) is 4.66. The molecule has 17 heavy (non-hydrogen) atoms. The molecule has 0 amide bonds. The first-order valence-electron chi connectivity index (χ1n) is 5.91. The standard InChI is InChI=1S/C15H19NO/c1-10-5-6-15(7-11(10)2)16-12(3)8-14(9-17)13(16)4/h5-8,17H,9H2,1-4H3. The van der Waals surface area contributed by atoms with Crippen molar-refractivity contribution in [2.45, 2.75) is 34.3 Å². The summed E-state index contributed by atoms with van der Waals surface area (Å²) in [6.45, 7) is 8.47. The molecule has 2 nitrogen and oxygen atoms in total. The molecule has 0 radical (unpaired) electrons. The van der Waals surface area contributed by atoms with E-state index in [1.54, 1.807) is 0 Å². The molecule has 0 saturated carbocycles. The molecule has 0 aliphatic carbocycles. The van der Waals surface area contributed by atoms with Gasteiger partial charge in [0.05, 0.1) is 6.61 Å². The van der Waals surface area contributed by atoms with Gasteiger partial charge < -0.3 is 9.67 Å². The molecular formula is C15H19NO. The maximum Gasteiger partial charge on any atom is 0.0699 e. The Morgan fingerprint density at radius 3 is 2.24 bits per heavy atom. The third kappa shape index (κ3) is 2.01. The molecule has 0 atom stereocenters. The molecule has 0 aliphatic rings. The van der Waals surface area contributed by atoms with Crippen molar-refractivity contribution >= 4 is 0 Å². The molecule has 0 aliphatic heterocycles. The van der Waals surface area contributed by atoms with Gasteiger partial charge in [-0.05, 0) is 62.6 Å². The van der Waals surface area contributed by atoms with Gasteiger partial charge in [-0.1, -0.05) is 6.07 Å². The number of aryl methyl sites for hydroxylation is 3. The quantitative estimate of drug-likeness (QED) is 0.840. The predicted molar refractivity (Wildman–Crippen MR) is 70.6 cm³/mol. The Morgan fingerprint density at radius 1 is 1.00 bits per heavy atom. The van der Waals surface area contributed by atoms with Crippen LogP contribution < -0.4 is 0 Å². The lowest BCUT2D eigenvalue weighted by Crippen LogP contribution is -2.00. The molecule has 1 heterocycles. The molecule has 1 aromatic carbocycles. The zero-order valence-corrected chi connectivity index (χ0v) is 10.9. The van der Waals surface area contributed by atoms with Crippen molar-refractivity contribution < 1.29 is 5.11 Å². The molecule has 1 aromatic heterocycles. The van der Waals surface area contributed by atoms with Crippen LogP contribution >= 0.6 is 0 Å². The first-order chi connectivity index (χ1) is 8.04. The van der Waals surface area contributed by atoms with Gasteiger partial charge in [-0.15, -0.1) is 0 Å². The van der Waals surface area contributed by atoms with E-state index in [4.69, 9.17) is 0 Å². The molecule has 0 bridgehead atoms. The molecule has 2 rings (SSSR count). The minimum atomic E-state index is 0.102. The second-order valence-electron chi connectivity index (χ2n) is 4.66. The number of nitrogens with zero attached hydrogens (tertiary/aromatic N) is 1. The van der Waals surface area contributed by atoms with Crippen LogP contribution in [0.3, 0.4) is 0 Å². The smallest absolute Gasteiger partial charge is 0.0699 e. The fraction of sp³-hybridized carbons (Fsp3) is 0.333. The Balaban J connectivity index is 2.60. The van der Waals surface area contributed by atoms with Gasteiger partial charge >= 0.3 is 0 Å². The molecular weight excluding hydrogens is 210 g/mol. The fourth-order valence-electron chi connectivity index (χ4n) is 2.25. The van der Waals surface area contributed by atoms with E-state index in [-0.39, 0.29) is 6.61 Å². The lowest BCUT2D eigenvalue weighted by molar-refractivity contribution is 0.281. The van der Waals surface area contributed by atoms with E-state index >= 15 is 0 Å². The SMILES string of the molecule is Cc1ccc(-n2c(C)cc(CO)c2C)cc1C. The topological polar surface area (TPSA) is 25.2 Å². The van der Waals surface area contributed by atoms with Crippen molar-refractivity contribution in [1.29, 1.82) is 0 Å².